The highest BCUT2D eigenvalue weighted by molar-refractivity contribution is 6.35. The van der Waals surface area contributed by atoms with E-state index in [0.717, 1.165) is 11.3 Å². The van der Waals surface area contributed by atoms with Crippen molar-refractivity contribution in [3.63, 3.8) is 0 Å². The molecule has 0 spiro atoms. The van der Waals surface area contributed by atoms with Crippen LogP contribution in [0.3, 0.4) is 0 Å². The molecule has 1 heterocycles. The van der Waals surface area contributed by atoms with Gasteiger partial charge in [-0.25, -0.2) is 4.79 Å². The number of carbonyl (C=O) groups excluding carboxylic acids is 1. The largest absolute Gasteiger partial charge is 0.463 e. The van der Waals surface area contributed by atoms with Gasteiger partial charge in [0.2, 0.25) is 5.84 Å². The molecular weight excluding hydrogens is 232 g/mol. The number of anilines is 1. The van der Waals surface area contributed by atoms with Gasteiger partial charge in [0.05, 0.1) is 25.9 Å². The van der Waals surface area contributed by atoms with Crippen molar-refractivity contribution >= 4 is 17.5 Å². The number of rotatable bonds is 3. The summed E-state index contributed by atoms with van der Waals surface area (Å²) in [5.74, 6) is -0.232. The number of hydrogen-bond donors (Lipinski definition) is 2. The number of carbonyl (C=O) groups is 1. The van der Waals surface area contributed by atoms with E-state index in [2.05, 4.69) is 15.2 Å². The van der Waals surface area contributed by atoms with Crippen molar-refractivity contribution in [1.82, 2.24) is 5.43 Å². The molecule has 96 valence electrons. The molecular formula is C12H16N4O2. The first kappa shape index (κ1) is 12.4. The number of hydrogen-bond acceptors (Lipinski definition) is 6. The van der Waals surface area contributed by atoms with Gasteiger partial charge in [-0.1, -0.05) is 12.1 Å². The van der Waals surface area contributed by atoms with E-state index in [0.29, 0.717) is 19.6 Å². The van der Waals surface area contributed by atoms with Crippen molar-refractivity contribution in [1.29, 1.82) is 0 Å². The minimum atomic E-state index is -0.460. The Kier molecular flexibility index (Phi) is 3.78. The monoisotopic (exact) mass is 248 g/mol. The average Bonchev–Trinajstić information content (AvgIpc) is 2.46. The van der Waals surface area contributed by atoms with Gasteiger partial charge in [0.25, 0.3) is 0 Å². The summed E-state index contributed by atoms with van der Waals surface area (Å²) in [5, 5.41) is 1.86. The number of ether oxygens (including phenoxy) is 1. The number of methoxy groups -OCH3 is 1. The van der Waals surface area contributed by atoms with Gasteiger partial charge in [-0.3, -0.25) is 15.4 Å². The van der Waals surface area contributed by atoms with Crippen molar-refractivity contribution in [2.45, 2.75) is 6.54 Å². The van der Waals surface area contributed by atoms with Crippen LogP contribution in [-0.4, -0.2) is 32.0 Å². The van der Waals surface area contributed by atoms with Crippen molar-refractivity contribution in [2.24, 2.45) is 10.7 Å². The Bertz CT molecular complexity index is 456. The lowest BCUT2D eigenvalue weighted by Crippen LogP contribution is -2.50. The normalized spacial score (nSPS) is 14.8. The van der Waals surface area contributed by atoms with E-state index in [4.69, 9.17) is 5.73 Å². The molecule has 1 aliphatic heterocycles. The van der Waals surface area contributed by atoms with Crippen LogP contribution in [0, 0.1) is 0 Å². The van der Waals surface area contributed by atoms with E-state index in [1.807, 2.05) is 29.3 Å². The number of amidine groups is 1. The number of nitrogens with one attached hydrogen (secondary N) is 1. The fraction of sp³-hybridized carbons (Fsp3) is 0.333. The fourth-order valence-corrected chi connectivity index (χ4v) is 1.69. The zero-order chi connectivity index (χ0) is 13.0. The van der Waals surface area contributed by atoms with Gasteiger partial charge >= 0.3 is 5.97 Å². The molecule has 2 rings (SSSR count). The number of hydrazine groups is 1. The van der Waals surface area contributed by atoms with E-state index < -0.39 is 5.97 Å². The smallest absolute Gasteiger partial charge is 0.375 e. The maximum atomic E-state index is 11.4. The third-order valence-corrected chi connectivity index (χ3v) is 2.70. The summed E-state index contributed by atoms with van der Waals surface area (Å²) < 4.78 is 4.63. The van der Waals surface area contributed by atoms with Gasteiger partial charge in [-0.2, -0.15) is 0 Å². The molecule has 0 atom stereocenters. The molecule has 0 amide bonds. The van der Waals surface area contributed by atoms with Crippen LogP contribution in [0.5, 0.6) is 0 Å². The number of esters is 1. The molecule has 0 aromatic heterocycles. The van der Waals surface area contributed by atoms with Crippen LogP contribution in [-0.2, 0) is 16.1 Å². The lowest BCUT2D eigenvalue weighted by Gasteiger charge is -2.29. The summed E-state index contributed by atoms with van der Waals surface area (Å²) in [4.78, 5) is 15.5. The average molecular weight is 248 g/mol. The predicted molar refractivity (Wildman–Crippen MR) is 69.1 cm³/mol. The van der Waals surface area contributed by atoms with Crippen LogP contribution in [0.4, 0.5) is 5.69 Å². The maximum absolute atomic E-state index is 11.4. The van der Waals surface area contributed by atoms with Gasteiger partial charge in [-0.15, -0.1) is 0 Å². The zero-order valence-corrected chi connectivity index (χ0v) is 10.2. The first-order chi connectivity index (χ1) is 8.74. The molecule has 0 unspecified atom stereocenters. The summed E-state index contributed by atoms with van der Waals surface area (Å²) in [6.45, 7) is 1.76. The molecule has 0 radical (unpaired) electrons. The summed E-state index contributed by atoms with van der Waals surface area (Å²) in [5.41, 5.74) is 10.5. The second kappa shape index (κ2) is 5.50. The SMILES string of the molecule is COC(=O)C1=NCCN(c2ccc(CN)cc2)N1. The van der Waals surface area contributed by atoms with Crippen molar-refractivity contribution in [2.75, 3.05) is 25.2 Å². The quantitative estimate of drug-likeness (QED) is 0.738. The van der Waals surface area contributed by atoms with E-state index >= 15 is 0 Å². The predicted octanol–water partition coefficient (Wildman–Crippen LogP) is 0.0414. The minimum absolute atomic E-state index is 0.228. The van der Waals surface area contributed by atoms with Crippen LogP contribution < -0.4 is 16.2 Å². The summed E-state index contributed by atoms with van der Waals surface area (Å²) in [6, 6.07) is 7.83. The highest BCUT2D eigenvalue weighted by atomic mass is 16.5. The standard InChI is InChI=1S/C12H16N4O2/c1-18-12(17)11-14-6-7-16(15-11)10-4-2-9(8-13)3-5-10/h2-5H,6-8,13H2,1H3,(H,14,15). The second-order valence-electron chi connectivity index (χ2n) is 3.86. The van der Waals surface area contributed by atoms with Gasteiger partial charge < -0.3 is 10.5 Å². The van der Waals surface area contributed by atoms with Crippen LogP contribution in [0.2, 0.25) is 0 Å². The number of nitrogens with zero attached hydrogens (tertiary/aromatic N) is 2. The number of nitrogens with two attached hydrogens (primary N) is 1. The lowest BCUT2D eigenvalue weighted by atomic mass is 10.2. The Labute approximate surface area is 105 Å². The Morgan fingerprint density at radius 3 is 2.83 bits per heavy atom. The molecule has 1 aromatic carbocycles. The zero-order valence-electron chi connectivity index (χ0n) is 10.2. The van der Waals surface area contributed by atoms with E-state index in [9.17, 15) is 4.79 Å². The number of benzene rings is 1. The second-order valence-corrected chi connectivity index (χ2v) is 3.86. The van der Waals surface area contributed by atoms with Crippen LogP contribution >= 0.6 is 0 Å². The Morgan fingerprint density at radius 1 is 1.50 bits per heavy atom. The number of aliphatic imine (C=N–C) groups is 1. The molecule has 1 aromatic rings. The van der Waals surface area contributed by atoms with Crippen LogP contribution in [0.1, 0.15) is 5.56 Å². The van der Waals surface area contributed by atoms with E-state index in [1.165, 1.54) is 7.11 Å². The van der Waals surface area contributed by atoms with Gasteiger partial charge in [0, 0.05) is 6.54 Å². The molecule has 0 saturated heterocycles. The van der Waals surface area contributed by atoms with E-state index in [-0.39, 0.29) is 5.84 Å². The van der Waals surface area contributed by atoms with E-state index in [1.54, 1.807) is 0 Å². The third kappa shape index (κ3) is 2.60. The molecule has 6 nitrogen and oxygen atoms in total. The lowest BCUT2D eigenvalue weighted by molar-refractivity contribution is -0.133. The minimum Gasteiger partial charge on any atom is -0.463 e. The van der Waals surface area contributed by atoms with Crippen LogP contribution in [0.15, 0.2) is 29.3 Å². The first-order valence-corrected chi connectivity index (χ1v) is 5.70. The Balaban J connectivity index is 2.10. The fourth-order valence-electron chi connectivity index (χ4n) is 1.69. The molecule has 18 heavy (non-hydrogen) atoms. The third-order valence-electron chi connectivity index (χ3n) is 2.70. The Morgan fingerprint density at radius 2 is 2.22 bits per heavy atom. The summed E-state index contributed by atoms with van der Waals surface area (Å²) in [6.07, 6.45) is 0. The molecule has 6 heteroatoms. The molecule has 0 fully saturated rings. The molecule has 0 bridgehead atoms. The topological polar surface area (TPSA) is 80.0 Å². The first-order valence-electron chi connectivity index (χ1n) is 5.70. The summed E-state index contributed by atoms with van der Waals surface area (Å²) in [7, 11) is 1.33. The van der Waals surface area contributed by atoms with Crippen molar-refractivity contribution in [3.8, 4) is 0 Å². The molecule has 0 saturated carbocycles. The van der Waals surface area contributed by atoms with Crippen molar-refractivity contribution < 1.29 is 9.53 Å². The van der Waals surface area contributed by atoms with Gasteiger partial charge in [0.1, 0.15) is 0 Å². The Hall–Kier alpha value is -2.08. The van der Waals surface area contributed by atoms with Gasteiger partial charge in [-0.05, 0) is 17.7 Å². The molecule has 0 aliphatic carbocycles. The molecule has 3 N–H and O–H groups in total. The van der Waals surface area contributed by atoms with Gasteiger partial charge in [0.15, 0.2) is 0 Å². The molecule has 1 aliphatic rings. The highest BCUT2D eigenvalue weighted by Crippen LogP contribution is 2.14. The summed E-state index contributed by atoms with van der Waals surface area (Å²) >= 11 is 0. The maximum Gasteiger partial charge on any atom is 0.375 e. The highest BCUT2D eigenvalue weighted by Gasteiger charge is 2.19. The van der Waals surface area contributed by atoms with Crippen molar-refractivity contribution in [3.05, 3.63) is 29.8 Å². The van der Waals surface area contributed by atoms with Crippen LogP contribution in [0.25, 0.3) is 0 Å².